The van der Waals surface area contributed by atoms with Crippen LogP contribution in [0.4, 0.5) is 0 Å². The number of nitrogens with one attached hydrogen (secondary N) is 1. The van der Waals surface area contributed by atoms with Crippen LogP contribution in [0.15, 0.2) is 29.0 Å². The van der Waals surface area contributed by atoms with Crippen molar-refractivity contribution in [1.82, 2.24) is 10.2 Å². The van der Waals surface area contributed by atoms with Gasteiger partial charge in [0, 0.05) is 42.0 Å². The molecule has 2 aromatic rings. The molecule has 0 saturated heterocycles. The van der Waals surface area contributed by atoms with Gasteiger partial charge in [-0.1, -0.05) is 0 Å². The molecule has 1 fully saturated rings. The van der Waals surface area contributed by atoms with Crippen molar-refractivity contribution in [2.45, 2.75) is 38.9 Å². The molecular formula is C16H22N2S2. The Labute approximate surface area is 129 Å². The third-order valence-corrected chi connectivity index (χ3v) is 5.43. The zero-order chi connectivity index (χ0) is 13.8. The average Bonchev–Trinajstić information content (AvgIpc) is 3.00. The molecular weight excluding hydrogens is 284 g/mol. The van der Waals surface area contributed by atoms with E-state index in [9.17, 15) is 0 Å². The zero-order valence-corrected chi connectivity index (χ0v) is 13.6. The van der Waals surface area contributed by atoms with Crippen LogP contribution < -0.4 is 5.32 Å². The molecule has 0 radical (unpaired) electrons. The Bertz CT molecular complexity index is 514. The van der Waals surface area contributed by atoms with Crippen molar-refractivity contribution in [3.63, 3.8) is 0 Å². The van der Waals surface area contributed by atoms with Crippen molar-refractivity contribution in [1.29, 1.82) is 0 Å². The molecule has 20 heavy (non-hydrogen) atoms. The summed E-state index contributed by atoms with van der Waals surface area (Å²) in [6.45, 7) is 6.54. The first kappa shape index (κ1) is 14.3. The molecule has 0 aromatic carbocycles. The van der Waals surface area contributed by atoms with Gasteiger partial charge in [-0.05, 0) is 54.3 Å². The number of hydrogen-bond acceptors (Lipinski definition) is 4. The number of thiophene rings is 2. The van der Waals surface area contributed by atoms with E-state index in [4.69, 9.17) is 0 Å². The highest BCUT2D eigenvalue weighted by Crippen LogP contribution is 2.28. The Morgan fingerprint density at radius 1 is 1.30 bits per heavy atom. The Balaban J connectivity index is 1.41. The fraction of sp³-hybridized carbons (Fsp3) is 0.500. The smallest absolute Gasteiger partial charge is 0.0300 e. The molecule has 2 heterocycles. The van der Waals surface area contributed by atoms with Gasteiger partial charge in [-0.2, -0.15) is 11.3 Å². The third kappa shape index (κ3) is 4.16. The summed E-state index contributed by atoms with van der Waals surface area (Å²) >= 11 is 3.69. The summed E-state index contributed by atoms with van der Waals surface area (Å²) < 4.78 is 0. The van der Waals surface area contributed by atoms with Gasteiger partial charge in [-0.3, -0.25) is 4.90 Å². The SMILES string of the molecule is Cc1ccc(CNCCN(Cc2ccsc2)C2CC2)s1. The van der Waals surface area contributed by atoms with Crippen LogP contribution in [-0.4, -0.2) is 24.0 Å². The van der Waals surface area contributed by atoms with E-state index in [0.29, 0.717) is 0 Å². The van der Waals surface area contributed by atoms with Gasteiger partial charge in [0.05, 0.1) is 0 Å². The van der Waals surface area contributed by atoms with E-state index in [0.717, 1.165) is 32.2 Å². The Morgan fingerprint density at radius 2 is 2.20 bits per heavy atom. The lowest BCUT2D eigenvalue weighted by molar-refractivity contribution is 0.254. The molecule has 1 aliphatic rings. The van der Waals surface area contributed by atoms with Crippen molar-refractivity contribution >= 4 is 22.7 Å². The van der Waals surface area contributed by atoms with Crippen LogP contribution in [0.1, 0.15) is 28.2 Å². The largest absolute Gasteiger partial charge is 0.311 e. The second-order valence-electron chi connectivity index (χ2n) is 5.52. The minimum Gasteiger partial charge on any atom is -0.311 e. The fourth-order valence-corrected chi connectivity index (χ4v) is 3.98. The number of hydrogen-bond donors (Lipinski definition) is 1. The Kier molecular flexibility index (Phi) is 4.89. The highest BCUT2D eigenvalue weighted by Gasteiger charge is 2.28. The van der Waals surface area contributed by atoms with E-state index in [2.05, 4.69) is 46.1 Å². The molecule has 2 aromatic heterocycles. The molecule has 108 valence electrons. The lowest BCUT2D eigenvalue weighted by Crippen LogP contribution is -2.33. The summed E-state index contributed by atoms with van der Waals surface area (Å²) in [7, 11) is 0. The molecule has 0 amide bonds. The summed E-state index contributed by atoms with van der Waals surface area (Å²) in [5.74, 6) is 0. The first-order chi connectivity index (χ1) is 9.81. The molecule has 1 aliphatic carbocycles. The first-order valence-electron chi connectivity index (χ1n) is 7.32. The molecule has 0 unspecified atom stereocenters. The van der Waals surface area contributed by atoms with Gasteiger partial charge in [0.25, 0.3) is 0 Å². The first-order valence-corrected chi connectivity index (χ1v) is 9.08. The van der Waals surface area contributed by atoms with E-state index >= 15 is 0 Å². The predicted molar refractivity (Wildman–Crippen MR) is 88.5 cm³/mol. The quantitative estimate of drug-likeness (QED) is 0.745. The van der Waals surface area contributed by atoms with Crippen molar-refractivity contribution in [2.24, 2.45) is 0 Å². The van der Waals surface area contributed by atoms with E-state index in [1.807, 2.05) is 11.3 Å². The van der Waals surface area contributed by atoms with Crippen LogP contribution in [0, 0.1) is 6.92 Å². The highest BCUT2D eigenvalue weighted by molar-refractivity contribution is 7.11. The average molecular weight is 307 g/mol. The maximum absolute atomic E-state index is 3.58. The summed E-state index contributed by atoms with van der Waals surface area (Å²) in [6, 6.07) is 7.52. The fourth-order valence-electron chi connectivity index (χ4n) is 2.46. The minimum atomic E-state index is 0.834. The van der Waals surface area contributed by atoms with Crippen molar-refractivity contribution < 1.29 is 0 Å². The number of rotatable bonds is 8. The standard InChI is InChI=1S/C16H22N2S2/c1-13-2-5-16(20-13)10-17-7-8-18(15-3-4-15)11-14-6-9-19-12-14/h2,5-6,9,12,15,17H,3-4,7-8,10-11H2,1H3. The normalized spacial score (nSPS) is 15.1. The maximum Gasteiger partial charge on any atom is 0.0300 e. The lowest BCUT2D eigenvalue weighted by atomic mass is 10.3. The summed E-state index contributed by atoms with van der Waals surface area (Å²) in [5, 5.41) is 8.03. The summed E-state index contributed by atoms with van der Waals surface area (Å²) in [6.07, 6.45) is 2.77. The lowest BCUT2D eigenvalue weighted by Gasteiger charge is -2.21. The van der Waals surface area contributed by atoms with Gasteiger partial charge in [-0.25, -0.2) is 0 Å². The van der Waals surface area contributed by atoms with Crippen molar-refractivity contribution in [2.75, 3.05) is 13.1 Å². The van der Waals surface area contributed by atoms with Gasteiger partial charge < -0.3 is 5.32 Å². The molecule has 0 atom stereocenters. The van der Waals surface area contributed by atoms with Crippen LogP contribution in [0.2, 0.25) is 0 Å². The summed E-state index contributed by atoms with van der Waals surface area (Å²) in [5.41, 5.74) is 1.47. The molecule has 0 spiro atoms. The molecule has 0 aliphatic heterocycles. The molecule has 1 N–H and O–H groups in total. The van der Waals surface area contributed by atoms with E-state index < -0.39 is 0 Å². The second kappa shape index (κ2) is 6.85. The predicted octanol–water partition coefficient (Wildman–Crippen LogP) is 3.87. The molecule has 0 bridgehead atoms. The highest BCUT2D eigenvalue weighted by atomic mass is 32.1. The van der Waals surface area contributed by atoms with Crippen LogP contribution in [0.3, 0.4) is 0 Å². The van der Waals surface area contributed by atoms with Crippen molar-refractivity contribution in [3.05, 3.63) is 44.3 Å². The Morgan fingerprint density at radius 3 is 2.85 bits per heavy atom. The topological polar surface area (TPSA) is 15.3 Å². The van der Waals surface area contributed by atoms with Crippen LogP contribution >= 0.6 is 22.7 Å². The minimum absolute atomic E-state index is 0.834. The van der Waals surface area contributed by atoms with Gasteiger partial charge in [0.15, 0.2) is 0 Å². The monoisotopic (exact) mass is 306 g/mol. The summed E-state index contributed by atoms with van der Waals surface area (Å²) in [4.78, 5) is 5.48. The molecule has 3 rings (SSSR count). The molecule has 2 nitrogen and oxygen atoms in total. The van der Waals surface area contributed by atoms with Gasteiger partial charge in [0.2, 0.25) is 0 Å². The number of aryl methyl sites for hydroxylation is 1. The van der Waals surface area contributed by atoms with Gasteiger partial charge >= 0.3 is 0 Å². The van der Waals surface area contributed by atoms with Gasteiger partial charge in [-0.15, -0.1) is 11.3 Å². The van der Waals surface area contributed by atoms with Crippen LogP contribution in [0.25, 0.3) is 0 Å². The van der Waals surface area contributed by atoms with Crippen LogP contribution in [-0.2, 0) is 13.1 Å². The number of nitrogens with zero attached hydrogens (tertiary/aromatic N) is 1. The van der Waals surface area contributed by atoms with E-state index in [-0.39, 0.29) is 0 Å². The van der Waals surface area contributed by atoms with E-state index in [1.54, 1.807) is 11.3 Å². The maximum atomic E-state index is 3.58. The zero-order valence-electron chi connectivity index (χ0n) is 12.0. The van der Waals surface area contributed by atoms with Crippen LogP contribution in [0.5, 0.6) is 0 Å². The van der Waals surface area contributed by atoms with Gasteiger partial charge in [0.1, 0.15) is 0 Å². The Hall–Kier alpha value is -0.680. The third-order valence-electron chi connectivity index (χ3n) is 3.70. The van der Waals surface area contributed by atoms with E-state index in [1.165, 1.54) is 28.2 Å². The van der Waals surface area contributed by atoms with Crippen molar-refractivity contribution in [3.8, 4) is 0 Å². The molecule has 1 saturated carbocycles. The second-order valence-corrected chi connectivity index (χ2v) is 7.67. The molecule has 4 heteroatoms.